The van der Waals surface area contributed by atoms with Crippen molar-refractivity contribution in [3.05, 3.63) is 66.1 Å². The van der Waals surface area contributed by atoms with Crippen LogP contribution in [0.15, 0.2) is 59.3 Å². The van der Waals surface area contributed by atoms with Gasteiger partial charge in [-0.2, -0.15) is 0 Å². The van der Waals surface area contributed by atoms with Crippen molar-refractivity contribution in [3.8, 4) is 22.8 Å². The minimum atomic E-state index is -0.328. The summed E-state index contributed by atoms with van der Waals surface area (Å²) in [5.74, 6) is 1.62. The third-order valence-electron chi connectivity index (χ3n) is 4.33. The highest BCUT2D eigenvalue weighted by Crippen LogP contribution is 2.36. The van der Waals surface area contributed by atoms with Gasteiger partial charge in [0.2, 0.25) is 6.79 Å². The number of aromatic nitrogens is 3. The summed E-state index contributed by atoms with van der Waals surface area (Å²) in [6.45, 7) is 0.422. The highest BCUT2D eigenvalue weighted by Gasteiger charge is 2.16. The van der Waals surface area contributed by atoms with E-state index in [0.717, 1.165) is 11.1 Å². The number of benzene rings is 2. The summed E-state index contributed by atoms with van der Waals surface area (Å²) in [4.78, 5) is 20.9. The number of ether oxygens (including phenoxy) is 2. The van der Waals surface area contributed by atoms with Gasteiger partial charge in [-0.25, -0.2) is 4.98 Å². The minimum absolute atomic E-state index is 0.210. The molecule has 0 radical (unpaired) electrons. The first kappa shape index (κ1) is 16.2. The Morgan fingerprint density at radius 3 is 2.82 bits per heavy atom. The van der Waals surface area contributed by atoms with E-state index >= 15 is 0 Å². The molecule has 1 amide bonds. The molecule has 4 aromatic rings. The average Bonchev–Trinajstić information content (AvgIpc) is 3.40. The van der Waals surface area contributed by atoms with Gasteiger partial charge >= 0.3 is 0 Å². The van der Waals surface area contributed by atoms with Gasteiger partial charge < -0.3 is 19.3 Å². The summed E-state index contributed by atoms with van der Waals surface area (Å²) in [5, 5.41) is 6.78. The molecule has 1 aliphatic heterocycles. The first-order chi connectivity index (χ1) is 13.8. The molecule has 0 saturated carbocycles. The van der Waals surface area contributed by atoms with Gasteiger partial charge in [-0.1, -0.05) is 17.3 Å². The Morgan fingerprint density at radius 1 is 1.04 bits per heavy atom. The van der Waals surface area contributed by atoms with Crippen LogP contribution in [0.5, 0.6) is 11.5 Å². The van der Waals surface area contributed by atoms with Crippen LogP contribution < -0.4 is 14.8 Å². The zero-order chi connectivity index (χ0) is 18.9. The van der Waals surface area contributed by atoms with Crippen LogP contribution in [-0.2, 0) is 6.54 Å². The normalized spacial score (nSPS) is 12.3. The van der Waals surface area contributed by atoms with E-state index < -0.39 is 0 Å². The second-order valence-corrected chi connectivity index (χ2v) is 6.18. The maximum absolute atomic E-state index is 12.4. The fourth-order valence-electron chi connectivity index (χ4n) is 2.91. The molecule has 8 heteroatoms. The van der Waals surface area contributed by atoms with Gasteiger partial charge in [-0.05, 0) is 30.3 Å². The van der Waals surface area contributed by atoms with Crippen LogP contribution in [0, 0.1) is 0 Å². The van der Waals surface area contributed by atoms with Crippen LogP contribution in [-0.4, -0.2) is 27.8 Å². The minimum Gasteiger partial charge on any atom is -0.454 e. The second-order valence-electron chi connectivity index (χ2n) is 6.18. The second kappa shape index (κ2) is 6.66. The van der Waals surface area contributed by atoms with E-state index in [4.69, 9.17) is 14.0 Å². The number of hydrogen-bond donors (Lipinski definition) is 1. The standard InChI is InChI=1S/C20H14N4O4/c25-20(16-10-21-14-3-1-2-4-15(14)23-16)22-9-13-8-18(28-24-13)12-5-6-17-19(7-12)27-11-26-17/h1-8,10H,9,11H2,(H,22,25). The number of nitrogens with one attached hydrogen (secondary N) is 1. The Bertz CT molecular complexity index is 1190. The zero-order valence-corrected chi connectivity index (χ0v) is 14.6. The number of fused-ring (bicyclic) bond motifs is 2. The lowest BCUT2D eigenvalue weighted by atomic mass is 10.1. The monoisotopic (exact) mass is 374 g/mol. The number of amides is 1. The summed E-state index contributed by atoms with van der Waals surface area (Å²) in [6, 6.07) is 14.7. The molecular formula is C20H14N4O4. The number of hydrogen-bond acceptors (Lipinski definition) is 7. The molecule has 138 valence electrons. The van der Waals surface area contributed by atoms with Crippen LogP contribution in [0.1, 0.15) is 16.2 Å². The van der Waals surface area contributed by atoms with Crippen LogP contribution in [0.25, 0.3) is 22.4 Å². The van der Waals surface area contributed by atoms with Gasteiger partial charge in [-0.15, -0.1) is 0 Å². The van der Waals surface area contributed by atoms with E-state index in [9.17, 15) is 4.79 Å². The summed E-state index contributed by atoms with van der Waals surface area (Å²) < 4.78 is 16.1. The Kier molecular flexibility index (Phi) is 3.86. The lowest BCUT2D eigenvalue weighted by molar-refractivity contribution is 0.0945. The molecule has 0 spiro atoms. The Hall–Kier alpha value is -3.94. The number of para-hydroxylation sites is 2. The van der Waals surface area contributed by atoms with Crippen molar-refractivity contribution < 1.29 is 18.8 Å². The molecule has 1 N–H and O–H groups in total. The van der Waals surface area contributed by atoms with Gasteiger partial charge in [-0.3, -0.25) is 9.78 Å². The predicted octanol–water partition coefficient (Wildman–Crippen LogP) is 2.94. The molecule has 3 heterocycles. The third kappa shape index (κ3) is 3.01. The van der Waals surface area contributed by atoms with Crippen LogP contribution in [0.3, 0.4) is 0 Å². The summed E-state index contributed by atoms with van der Waals surface area (Å²) in [5.41, 5.74) is 3.06. The lowest BCUT2D eigenvalue weighted by Crippen LogP contribution is -2.24. The van der Waals surface area contributed by atoms with Crippen molar-refractivity contribution in [3.63, 3.8) is 0 Å². The number of carbonyl (C=O) groups is 1. The fraction of sp³-hybridized carbons (Fsp3) is 0.100. The molecule has 2 aromatic heterocycles. The Labute approximate surface area is 159 Å². The van der Waals surface area contributed by atoms with Crippen molar-refractivity contribution in [1.29, 1.82) is 0 Å². The largest absolute Gasteiger partial charge is 0.454 e. The van der Waals surface area contributed by atoms with Gasteiger partial charge in [0.15, 0.2) is 17.3 Å². The topological polar surface area (TPSA) is 99.4 Å². The van der Waals surface area contributed by atoms with Crippen molar-refractivity contribution in [2.45, 2.75) is 6.54 Å². The van der Waals surface area contributed by atoms with Crippen molar-refractivity contribution in [2.75, 3.05) is 6.79 Å². The highest BCUT2D eigenvalue weighted by molar-refractivity contribution is 5.93. The van der Waals surface area contributed by atoms with Gasteiger partial charge in [0.1, 0.15) is 11.4 Å². The maximum Gasteiger partial charge on any atom is 0.271 e. The summed E-state index contributed by atoms with van der Waals surface area (Å²) in [6.07, 6.45) is 1.46. The Morgan fingerprint density at radius 2 is 1.89 bits per heavy atom. The quantitative estimate of drug-likeness (QED) is 0.586. The Balaban J connectivity index is 1.28. The SMILES string of the molecule is O=C(NCc1cc(-c2ccc3c(c2)OCO3)on1)c1cnc2ccccc2n1. The number of nitrogens with zero attached hydrogens (tertiary/aromatic N) is 3. The van der Waals surface area contributed by atoms with E-state index in [1.54, 1.807) is 6.07 Å². The molecule has 5 rings (SSSR count). The van der Waals surface area contributed by atoms with Gasteiger partial charge in [0.25, 0.3) is 5.91 Å². The zero-order valence-electron chi connectivity index (χ0n) is 14.6. The van der Waals surface area contributed by atoms with Crippen LogP contribution >= 0.6 is 0 Å². The molecule has 0 bridgehead atoms. The maximum atomic E-state index is 12.4. The number of carbonyl (C=O) groups excluding carboxylic acids is 1. The predicted molar refractivity (Wildman–Crippen MR) is 98.8 cm³/mol. The van der Waals surface area contributed by atoms with Gasteiger partial charge in [0.05, 0.1) is 23.8 Å². The lowest BCUT2D eigenvalue weighted by Gasteiger charge is -2.03. The third-order valence-corrected chi connectivity index (χ3v) is 4.33. The van der Waals surface area contributed by atoms with Crippen LogP contribution in [0.4, 0.5) is 0 Å². The molecule has 0 saturated heterocycles. The molecule has 8 nitrogen and oxygen atoms in total. The molecule has 0 fully saturated rings. The number of rotatable bonds is 4. The molecule has 1 aliphatic rings. The summed E-state index contributed by atoms with van der Waals surface area (Å²) in [7, 11) is 0. The molecule has 2 aromatic carbocycles. The smallest absolute Gasteiger partial charge is 0.271 e. The first-order valence-electron chi connectivity index (χ1n) is 8.62. The van der Waals surface area contributed by atoms with E-state index in [1.165, 1.54) is 6.20 Å². The van der Waals surface area contributed by atoms with E-state index in [-0.39, 0.29) is 24.9 Å². The van der Waals surface area contributed by atoms with Crippen molar-refractivity contribution >= 4 is 16.9 Å². The molecule has 0 aliphatic carbocycles. The molecule has 0 atom stereocenters. The molecular weight excluding hydrogens is 360 g/mol. The van der Waals surface area contributed by atoms with Gasteiger partial charge in [0, 0.05) is 11.6 Å². The van der Waals surface area contributed by atoms with Crippen molar-refractivity contribution in [1.82, 2.24) is 20.4 Å². The molecule has 28 heavy (non-hydrogen) atoms. The highest BCUT2D eigenvalue weighted by atomic mass is 16.7. The van der Waals surface area contributed by atoms with Crippen molar-refractivity contribution in [2.24, 2.45) is 0 Å². The summed E-state index contributed by atoms with van der Waals surface area (Å²) >= 11 is 0. The van der Waals surface area contributed by atoms with E-state index in [1.807, 2.05) is 42.5 Å². The van der Waals surface area contributed by atoms with E-state index in [2.05, 4.69) is 20.4 Å². The first-order valence-corrected chi connectivity index (χ1v) is 8.62. The van der Waals surface area contributed by atoms with E-state index in [0.29, 0.717) is 28.5 Å². The fourth-order valence-corrected chi connectivity index (χ4v) is 2.91. The molecule has 0 unspecified atom stereocenters. The van der Waals surface area contributed by atoms with Crippen LogP contribution in [0.2, 0.25) is 0 Å². The average molecular weight is 374 g/mol.